The predicted octanol–water partition coefficient (Wildman–Crippen LogP) is 17.7. The monoisotopic (exact) mass is 904 g/mol. The molecular formula is C58H113NO5. The summed E-state index contributed by atoms with van der Waals surface area (Å²) in [7, 11) is 0. The number of nitrogens with one attached hydrogen (secondary N) is 1. The number of carbonyl (C=O) groups excluding carboxylic acids is 2. The summed E-state index contributed by atoms with van der Waals surface area (Å²) in [6.07, 6.45) is 63.5. The van der Waals surface area contributed by atoms with Crippen molar-refractivity contribution in [2.75, 3.05) is 13.2 Å². The van der Waals surface area contributed by atoms with Crippen molar-refractivity contribution in [1.82, 2.24) is 5.32 Å². The van der Waals surface area contributed by atoms with E-state index in [1.165, 1.54) is 218 Å². The first-order valence-corrected chi connectivity index (χ1v) is 28.9. The molecule has 0 radical (unpaired) electrons. The maximum Gasteiger partial charge on any atom is 0.305 e. The Bertz CT molecular complexity index is 955. The van der Waals surface area contributed by atoms with Gasteiger partial charge in [0.15, 0.2) is 0 Å². The summed E-state index contributed by atoms with van der Waals surface area (Å²) < 4.78 is 5.44. The van der Waals surface area contributed by atoms with E-state index in [9.17, 15) is 19.8 Å². The van der Waals surface area contributed by atoms with Crippen LogP contribution in [-0.4, -0.2) is 47.4 Å². The molecule has 6 nitrogen and oxygen atoms in total. The predicted molar refractivity (Wildman–Crippen MR) is 278 cm³/mol. The highest BCUT2D eigenvalue weighted by atomic mass is 16.5. The Kier molecular flexibility index (Phi) is 53.0. The van der Waals surface area contributed by atoms with Gasteiger partial charge < -0.3 is 20.3 Å². The van der Waals surface area contributed by atoms with Crippen molar-refractivity contribution in [3.63, 3.8) is 0 Å². The van der Waals surface area contributed by atoms with E-state index in [1.54, 1.807) is 0 Å². The minimum Gasteiger partial charge on any atom is -0.466 e. The molecular weight excluding hydrogens is 791 g/mol. The molecule has 0 aromatic heterocycles. The van der Waals surface area contributed by atoms with E-state index in [0.717, 1.165) is 70.6 Å². The van der Waals surface area contributed by atoms with Crippen LogP contribution < -0.4 is 5.32 Å². The molecule has 6 heteroatoms. The van der Waals surface area contributed by atoms with Crippen molar-refractivity contribution >= 4 is 11.9 Å². The zero-order valence-electron chi connectivity index (χ0n) is 43.3. The average molecular weight is 905 g/mol. The SMILES string of the molecule is CCCCCCCCCCCCCCCCCCCCCCCCCC(O)C(CO)NC(=O)CCCCC/C=C\CCCCCCCCOC(=O)CCCCCCCCCCCCC. The van der Waals surface area contributed by atoms with Crippen molar-refractivity contribution in [3.8, 4) is 0 Å². The summed E-state index contributed by atoms with van der Waals surface area (Å²) >= 11 is 0. The fourth-order valence-corrected chi connectivity index (χ4v) is 9.11. The molecule has 3 N–H and O–H groups in total. The molecule has 64 heavy (non-hydrogen) atoms. The summed E-state index contributed by atoms with van der Waals surface area (Å²) in [6.45, 7) is 4.93. The number of esters is 1. The summed E-state index contributed by atoms with van der Waals surface area (Å²) in [5.41, 5.74) is 0. The summed E-state index contributed by atoms with van der Waals surface area (Å²) in [4.78, 5) is 24.5. The van der Waals surface area contributed by atoms with Crippen LogP contribution in [0.2, 0.25) is 0 Å². The van der Waals surface area contributed by atoms with Gasteiger partial charge in [-0.15, -0.1) is 0 Å². The third-order valence-electron chi connectivity index (χ3n) is 13.6. The highest BCUT2D eigenvalue weighted by Crippen LogP contribution is 2.17. The Morgan fingerprint density at radius 2 is 0.734 bits per heavy atom. The van der Waals surface area contributed by atoms with Gasteiger partial charge in [0, 0.05) is 12.8 Å². The Morgan fingerprint density at radius 1 is 0.422 bits per heavy atom. The number of allylic oxidation sites excluding steroid dienone is 2. The number of hydrogen-bond donors (Lipinski definition) is 3. The van der Waals surface area contributed by atoms with Crippen LogP contribution in [0.3, 0.4) is 0 Å². The molecule has 0 fully saturated rings. The van der Waals surface area contributed by atoms with Gasteiger partial charge in [0.05, 0.1) is 25.4 Å². The van der Waals surface area contributed by atoms with Crippen molar-refractivity contribution in [2.45, 2.75) is 334 Å². The highest BCUT2D eigenvalue weighted by Gasteiger charge is 2.20. The summed E-state index contributed by atoms with van der Waals surface area (Å²) in [5, 5.41) is 23.3. The smallest absolute Gasteiger partial charge is 0.305 e. The van der Waals surface area contributed by atoms with Crippen molar-refractivity contribution in [3.05, 3.63) is 12.2 Å². The number of hydrogen-bond acceptors (Lipinski definition) is 5. The van der Waals surface area contributed by atoms with Crippen molar-refractivity contribution in [1.29, 1.82) is 0 Å². The van der Waals surface area contributed by atoms with Crippen LogP contribution in [0, 0.1) is 0 Å². The lowest BCUT2D eigenvalue weighted by Crippen LogP contribution is -2.45. The van der Waals surface area contributed by atoms with E-state index < -0.39 is 12.1 Å². The largest absolute Gasteiger partial charge is 0.466 e. The van der Waals surface area contributed by atoms with Crippen LogP contribution >= 0.6 is 0 Å². The summed E-state index contributed by atoms with van der Waals surface area (Å²) in [5.74, 6) is -0.0732. The van der Waals surface area contributed by atoms with Crippen LogP contribution in [0.25, 0.3) is 0 Å². The van der Waals surface area contributed by atoms with Gasteiger partial charge in [0.1, 0.15) is 0 Å². The van der Waals surface area contributed by atoms with E-state index in [-0.39, 0.29) is 18.5 Å². The molecule has 0 aromatic carbocycles. The molecule has 2 atom stereocenters. The van der Waals surface area contributed by atoms with E-state index >= 15 is 0 Å². The first-order chi connectivity index (χ1) is 31.5. The quantitative estimate of drug-likeness (QED) is 0.0321. The third-order valence-corrected chi connectivity index (χ3v) is 13.6. The first kappa shape index (κ1) is 62.6. The van der Waals surface area contributed by atoms with E-state index in [0.29, 0.717) is 25.9 Å². The van der Waals surface area contributed by atoms with Gasteiger partial charge in [-0.2, -0.15) is 0 Å². The maximum absolute atomic E-state index is 12.5. The zero-order valence-corrected chi connectivity index (χ0v) is 43.3. The molecule has 0 aliphatic heterocycles. The molecule has 0 aromatic rings. The number of aliphatic hydroxyl groups is 2. The normalized spacial score (nSPS) is 12.6. The Balaban J connectivity index is 3.48. The second-order valence-corrected chi connectivity index (χ2v) is 20.0. The Hall–Kier alpha value is -1.40. The van der Waals surface area contributed by atoms with Gasteiger partial charge in [0.2, 0.25) is 5.91 Å². The van der Waals surface area contributed by atoms with Gasteiger partial charge in [-0.3, -0.25) is 9.59 Å². The number of unbranched alkanes of at least 4 members (excludes halogenated alkanes) is 41. The lowest BCUT2D eigenvalue weighted by molar-refractivity contribution is -0.143. The highest BCUT2D eigenvalue weighted by molar-refractivity contribution is 5.76. The van der Waals surface area contributed by atoms with Gasteiger partial charge in [-0.1, -0.05) is 270 Å². The number of rotatable bonds is 54. The third kappa shape index (κ3) is 50.0. The zero-order chi connectivity index (χ0) is 46.5. The molecule has 1 amide bonds. The molecule has 0 bridgehead atoms. The molecule has 2 unspecified atom stereocenters. The van der Waals surface area contributed by atoms with Crippen LogP contribution in [0.4, 0.5) is 0 Å². The first-order valence-electron chi connectivity index (χ1n) is 28.9. The maximum atomic E-state index is 12.5. The molecule has 0 aliphatic rings. The lowest BCUT2D eigenvalue weighted by atomic mass is 10.0. The van der Waals surface area contributed by atoms with E-state index in [1.807, 2.05) is 0 Å². The lowest BCUT2D eigenvalue weighted by Gasteiger charge is -2.22. The van der Waals surface area contributed by atoms with Crippen molar-refractivity contribution in [2.24, 2.45) is 0 Å². The average Bonchev–Trinajstić information content (AvgIpc) is 3.29. The van der Waals surface area contributed by atoms with Crippen LogP contribution in [0.5, 0.6) is 0 Å². The molecule has 0 rings (SSSR count). The fraction of sp³-hybridized carbons (Fsp3) is 0.931. The second-order valence-electron chi connectivity index (χ2n) is 20.0. The molecule has 0 heterocycles. The minimum atomic E-state index is -0.681. The molecule has 0 saturated carbocycles. The minimum absolute atomic E-state index is 0.0119. The molecule has 380 valence electrons. The number of carbonyl (C=O) groups is 2. The van der Waals surface area contributed by atoms with Crippen LogP contribution in [0.1, 0.15) is 322 Å². The fourth-order valence-electron chi connectivity index (χ4n) is 9.11. The Labute approximate surface area is 399 Å². The molecule has 0 saturated heterocycles. The molecule has 0 aliphatic carbocycles. The summed E-state index contributed by atoms with van der Waals surface area (Å²) in [6, 6.07) is -0.561. The van der Waals surface area contributed by atoms with Crippen LogP contribution in [0.15, 0.2) is 12.2 Å². The number of ether oxygens (including phenoxy) is 1. The standard InChI is InChI=1S/C58H113NO5/c1-3-5-7-9-11-13-15-16-17-18-19-20-21-22-23-24-25-27-31-34-38-42-46-50-56(61)55(54-60)59-57(62)51-47-43-39-35-32-28-26-29-33-37-41-45-49-53-64-58(63)52-48-44-40-36-30-14-12-10-8-6-4-2/h28,32,55-56,60-61H,3-27,29-31,33-54H2,1-2H3,(H,59,62)/b32-28-. The number of aliphatic hydroxyl groups excluding tert-OH is 2. The van der Waals surface area contributed by atoms with Crippen molar-refractivity contribution < 1.29 is 24.5 Å². The van der Waals surface area contributed by atoms with E-state index in [2.05, 4.69) is 31.3 Å². The van der Waals surface area contributed by atoms with Gasteiger partial charge in [-0.25, -0.2) is 0 Å². The topological polar surface area (TPSA) is 95.9 Å². The second kappa shape index (κ2) is 54.2. The number of amides is 1. The van der Waals surface area contributed by atoms with Gasteiger partial charge >= 0.3 is 5.97 Å². The van der Waals surface area contributed by atoms with Crippen LogP contribution in [-0.2, 0) is 14.3 Å². The Morgan fingerprint density at radius 3 is 1.12 bits per heavy atom. The van der Waals surface area contributed by atoms with Gasteiger partial charge in [0.25, 0.3) is 0 Å². The molecule has 0 spiro atoms. The van der Waals surface area contributed by atoms with E-state index in [4.69, 9.17) is 4.74 Å². The van der Waals surface area contributed by atoms with Gasteiger partial charge in [-0.05, 0) is 51.4 Å².